The number of H-pyrrole nitrogens is 1. The van der Waals surface area contributed by atoms with E-state index >= 15 is 0 Å². The standard InChI is InChI=1S/C24H23F3N2O2S/c1-23(22-28-12-13-29-22,16-6-3-2-4-7-16)31-21-11-10-18-17(8-5-9-20(18)30)19(21)14-32-15-24(25,26)27/h2-4,6-7,10-13H,5,8-9,14-15H2,1H3,(H,28,29)/t23-/m0/s1. The molecule has 0 aliphatic heterocycles. The number of aromatic nitrogens is 2. The Labute approximate surface area is 188 Å². The van der Waals surface area contributed by atoms with Gasteiger partial charge in [0, 0.05) is 41.3 Å². The van der Waals surface area contributed by atoms with Gasteiger partial charge in [0.1, 0.15) is 5.75 Å². The number of halogens is 3. The maximum atomic E-state index is 12.8. The molecule has 1 atom stereocenters. The van der Waals surface area contributed by atoms with E-state index in [0.29, 0.717) is 42.0 Å². The molecule has 4 rings (SSSR count). The molecule has 0 amide bonds. The van der Waals surface area contributed by atoms with Crippen molar-refractivity contribution in [2.45, 2.75) is 43.7 Å². The van der Waals surface area contributed by atoms with Crippen LogP contribution >= 0.6 is 11.8 Å². The summed E-state index contributed by atoms with van der Waals surface area (Å²) in [5.41, 5.74) is 1.88. The van der Waals surface area contributed by atoms with E-state index in [4.69, 9.17) is 4.74 Å². The lowest BCUT2D eigenvalue weighted by atomic mass is 9.87. The molecule has 1 aromatic heterocycles. The molecule has 0 spiro atoms. The van der Waals surface area contributed by atoms with Crippen LogP contribution in [0.5, 0.6) is 5.75 Å². The summed E-state index contributed by atoms with van der Waals surface area (Å²) in [6.45, 7) is 1.87. The molecular weight excluding hydrogens is 437 g/mol. The van der Waals surface area contributed by atoms with E-state index in [1.807, 2.05) is 37.3 Å². The van der Waals surface area contributed by atoms with E-state index in [1.165, 1.54) is 0 Å². The minimum Gasteiger partial charge on any atom is -0.475 e. The first kappa shape index (κ1) is 22.5. The van der Waals surface area contributed by atoms with Crippen LogP contribution in [0.2, 0.25) is 0 Å². The number of Topliss-reactive ketones (excluding diaryl/α,β-unsaturated/α-hetero) is 1. The van der Waals surface area contributed by atoms with Crippen molar-refractivity contribution in [1.82, 2.24) is 9.97 Å². The number of carbonyl (C=O) groups is 1. The van der Waals surface area contributed by atoms with Gasteiger partial charge in [-0.25, -0.2) is 4.98 Å². The summed E-state index contributed by atoms with van der Waals surface area (Å²) in [6.07, 6.45) is 0.847. The number of hydrogen-bond donors (Lipinski definition) is 1. The minimum absolute atomic E-state index is 0.0247. The number of nitrogens with zero attached hydrogens (tertiary/aromatic N) is 1. The smallest absolute Gasteiger partial charge is 0.397 e. The quantitative estimate of drug-likeness (QED) is 0.465. The van der Waals surface area contributed by atoms with E-state index < -0.39 is 17.5 Å². The summed E-state index contributed by atoms with van der Waals surface area (Å²) in [7, 11) is 0. The molecule has 1 aliphatic carbocycles. The number of alkyl halides is 3. The first-order valence-corrected chi connectivity index (χ1v) is 11.5. The van der Waals surface area contributed by atoms with Crippen LogP contribution in [0.1, 0.15) is 52.6 Å². The second kappa shape index (κ2) is 9.02. The number of benzene rings is 2. The van der Waals surface area contributed by atoms with Crippen LogP contribution in [-0.2, 0) is 17.8 Å². The number of carbonyl (C=O) groups excluding carboxylic acids is 1. The van der Waals surface area contributed by atoms with Gasteiger partial charge in [0.2, 0.25) is 0 Å². The zero-order chi connectivity index (χ0) is 22.8. The second-order valence-corrected chi connectivity index (χ2v) is 8.88. The second-order valence-electron chi connectivity index (χ2n) is 7.89. The molecule has 168 valence electrons. The zero-order valence-corrected chi connectivity index (χ0v) is 18.4. The molecule has 3 aromatic rings. The van der Waals surface area contributed by atoms with Crippen molar-refractivity contribution in [1.29, 1.82) is 0 Å². The Morgan fingerprint density at radius 3 is 2.59 bits per heavy atom. The molecule has 1 N–H and O–H groups in total. The lowest BCUT2D eigenvalue weighted by Crippen LogP contribution is -2.33. The van der Waals surface area contributed by atoms with E-state index in [1.54, 1.807) is 24.5 Å². The first-order valence-electron chi connectivity index (χ1n) is 10.3. The van der Waals surface area contributed by atoms with Crippen molar-refractivity contribution in [3.05, 3.63) is 82.9 Å². The number of rotatable bonds is 7. The first-order chi connectivity index (χ1) is 15.3. The van der Waals surface area contributed by atoms with Crippen molar-refractivity contribution in [3.63, 3.8) is 0 Å². The number of ketones is 1. The fraction of sp³-hybridized carbons (Fsp3) is 0.333. The number of nitrogens with one attached hydrogen (secondary N) is 1. The van der Waals surface area contributed by atoms with Gasteiger partial charge < -0.3 is 9.72 Å². The summed E-state index contributed by atoms with van der Waals surface area (Å²) in [4.78, 5) is 19.9. The molecule has 2 aromatic carbocycles. The van der Waals surface area contributed by atoms with E-state index in [0.717, 1.165) is 22.9 Å². The van der Waals surface area contributed by atoms with Gasteiger partial charge in [-0.1, -0.05) is 30.3 Å². The molecule has 4 nitrogen and oxygen atoms in total. The summed E-state index contributed by atoms with van der Waals surface area (Å²) in [5.74, 6) is 0.214. The van der Waals surface area contributed by atoms with Gasteiger partial charge in [-0.2, -0.15) is 13.2 Å². The molecule has 0 bridgehead atoms. The number of imidazole rings is 1. The monoisotopic (exact) mass is 460 g/mol. The van der Waals surface area contributed by atoms with E-state index in [2.05, 4.69) is 9.97 Å². The third kappa shape index (κ3) is 4.70. The van der Waals surface area contributed by atoms with Crippen LogP contribution in [0.15, 0.2) is 54.9 Å². The van der Waals surface area contributed by atoms with Gasteiger partial charge in [-0.15, -0.1) is 11.8 Å². The Balaban J connectivity index is 1.77. The molecule has 0 unspecified atom stereocenters. The number of hydrogen-bond acceptors (Lipinski definition) is 4. The Kier molecular flexibility index (Phi) is 6.33. The molecule has 0 fully saturated rings. The Morgan fingerprint density at radius 1 is 1.12 bits per heavy atom. The summed E-state index contributed by atoms with van der Waals surface area (Å²) in [6, 6.07) is 13.0. The van der Waals surface area contributed by atoms with Gasteiger partial charge >= 0.3 is 6.18 Å². The Morgan fingerprint density at radius 2 is 1.91 bits per heavy atom. The molecule has 0 radical (unpaired) electrons. The van der Waals surface area contributed by atoms with Crippen LogP contribution in [0.4, 0.5) is 13.2 Å². The number of fused-ring (bicyclic) bond motifs is 1. The fourth-order valence-electron chi connectivity index (χ4n) is 4.05. The average molecular weight is 461 g/mol. The van der Waals surface area contributed by atoms with Gasteiger partial charge in [0.05, 0.1) is 5.75 Å². The van der Waals surface area contributed by atoms with Gasteiger partial charge in [0.15, 0.2) is 17.2 Å². The minimum atomic E-state index is -4.26. The van der Waals surface area contributed by atoms with Crippen molar-refractivity contribution < 1.29 is 22.7 Å². The summed E-state index contributed by atoms with van der Waals surface area (Å²) < 4.78 is 45.0. The maximum Gasteiger partial charge on any atom is 0.397 e. The van der Waals surface area contributed by atoms with Crippen molar-refractivity contribution in [3.8, 4) is 5.75 Å². The molecule has 1 heterocycles. The van der Waals surface area contributed by atoms with Crippen LogP contribution in [-0.4, -0.2) is 27.7 Å². The topological polar surface area (TPSA) is 55.0 Å². The molecule has 0 saturated carbocycles. The van der Waals surface area contributed by atoms with Gasteiger partial charge in [-0.05, 0) is 37.5 Å². The van der Waals surface area contributed by atoms with E-state index in [9.17, 15) is 18.0 Å². The van der Waals surface area contributed by atoms with Crippen molar-refractivity contribution in [2.24, 2.45) is 0 Å². The average Bonchev–Trinajstić information content (AvgIpc) is 3.31. The molecule has 1 aliphatic rings. The van der Waals surface area contributed by atoms with Crippen LogP contribution in [0.25, 0.3) is 0 Å². The molecule has 32 heavy (non-hydrogen) atoms. The summed E-state index contributed by atoms with van der Waals surface area (Å²) >= 11 is 0.781. The Hall–Kier alpha value is -2.74. The van der Waals surface area contributed by atoms with Gasteiger partial charge in [-0.3, -0.25) is 4.79 Å². The third-order valence-electron chi connectivity index (χ3n) is 5.62. The predicted molar refractivity (Wildman–Crippen MR) is 118 cm³/mol. The lowest BCUT2D eigenvalue weighted by molar-refractivity contribution is -0.105. The Bertz CT molecular complexity index is 1080. The lowest BCUT2D eigenvalue weighted by Gasteiger charge is -2.32. The van der Waals surface area contributed by atoms with E-state index in [-0.39, 0.29) is 11.5 Å². The maximum absolute atomic E-state index is 12.8. The molecular formula is C24H23F3N2O2S. The largest absolute Gasteiger partial charge is 0.475 e. The fourth-order valence-corrected chi connectivity index (χ4v) is 4.90. The van der Waals surface area contributed by atoms with Crippen molar-refractivity contribution in [2.75, 3.05) is 5.75 Å². The zero-order valence-electron chi connectivity index (χ0n) is 17.5. The van der Waals surface area contributed by atoms with Crippen LogP contribution < -0.4 is 4.74 Å². The van der Waals surface area contributed by atoms with Crippen LogP contribution in [0.3, 0.4) is 0 Å². The highest BCUT2D eigenvalue weighted by Crippen LogP contribution is 2.40. The van der Waals surface area contributed by atoms with Gasteiger partial charge in [0.25, 0.3) is 0 Å². The normalized spacial score (nSPS) is 15.8. The van der Waals surface area contributed by atoms with Crippen LogP contribution in [0, 0.1) is 0 Å². The summed E-state index contributed by atoms with van der Waals surface area (Å²) in [5, 5.41) is 0. The number of thioether (sulfide) groups is 1. The highest BCUT2D eigenvalue weighted by Gasteiger charge is 2.36. The highest BCUT2D eigenvalue weighted by molar-refractivity contribution is 7.98. The number of ether oxygens (including phenoxy) is 1. The number of aromatic amines is 1. The predicted octanol–water partition coefficient (Wildman–Crippen LogP) is 6.07. The SMILES string of the molecule is C[C@](Oc1ccc2c(c1CSCC(F)(F)F)CCCC2=O)(c1ccccc1)c1ncc[nH]1. The van der Waals surface area contributed by atoms with Crippen molar-refractivity contribution >= 4 is 17.5 Å². The molecule has 8 heteroatoms. The third-order valence-corrected chi connectivity index (χ3v) is 6.64. The molecule has 0 saturated heterocycles. The highest BCUT2D eigenvalue weighted by atomic mass is 32.2.